The van der Waals surface area contributed by atoms with Crippen LogP contribution in [0.25, 0.3) is 0 Å². The number of esters is 1. The molecule has 4 rings (SSSR count). The van der Waals surface area contributed by atoms with E-state index in [4.69, 9.17) is 9.47 Å². The number of benzene rings is 3. The number of ether oxygens (including phenoxy) is 2. The number of carbonyl (C=O) groups is 3. The highest BCUT2D eigenvalue weighted by Crippen LogP contribution is 2.23. The standard InChI is InChI=1S/C26H23FN2O5/c27-20-8-6-18(7-9-20)16-33-23-4-1-3-19(15-23)26(32)34-17-24(30)28-21-10-12-22(13-11-21)29-14-2-5-25(29)31/h1,3-4,6-13,15H,2,5,14,16-17H2,(H,28,30). The van der Waals surface area contributed by atoms with Gasteiger partial charge in [-0.15, -0.1) is 0 Å². The molecule has 1 heterocycles. The molecule has 8 heteroatoms. The topological polar surface area (TPSA) is 84.9 Å². The van der Waals surface area contributed by atoms with Gasteiger partial charge in [0.05, 0.1) is 5.56 Å². The van der Waals surface area contributed by atoms with Crippen molar-refractivity contribution < 1.29 is 28.2 Å². The van der Waals surface area contributed by atoms with Gasteiger partial charge in [0.25, 0.3) is 5.91 Å². The summed E-state index contributed by atoms with van der Waals surface area (Å²) >= 11 is 0. The van der Waals surface area contributed by atoms with Crippen molar-refractivity contribution in [1.29, 1.82) is 0 Å². The Morgan fingerprint density at radius 1 is 1.00 bits per heavy atom. The van der Waals surface area contributed by atoms with Crippen molar-refractivity contribution in [2.45, 2.75) is 19.4 Å². The Bertz CT molecular complexity index is 1180. The summed E-state index contributed by atoms with van der Waals surface area (Å²) in [5.74, 6) is -0.936. The van der Waals surface area contributed by atoms with Crippen molar-refractivity contribution in [3.8, 4) is 5.75 Å². The third-order valence-electron chi connectivity index (χ3n) is 5.26. The lowest BCUT2D eigenvalue weighted by Crippen LogP contribution is -2.23. The van der Waals surface area contributed by atoms with E-state index < -0.39 is 18.5 Å². The number of amides is 2. The minimum atomic E-state index is -0.662. The van der Waals surface area contributed by atoms with Gasteiger partial charge in [0.15, 0.2) is 6.61 Å². The predicted octanol–water partition coefficient (Wildman–Crippen LogP) is 4.33. The minimum absolute atomic E-state index is 0.0913. The molecule has 0 radical (unpaired) electrons. The molecule has 0 unspecified atom stereocenters. The molecule has 0 aromatic heterocycles. The van der Waals surface area contributed by atoms with Crippen molar-refractivity contribution in [3.63, 3.8) is 0 Å². The van der Waals surface area contributed by atoms with Crippen LogP contribution in [0.5, 0.6) is 5.75 Å². The first-order chi connectivity index (χ1) is 16.5. The summed E-state index contributed by atoms with van der Waals surface area (Å²) in [6.07, 6.45) is 1.39. The average Bonchev–Trinajstić information content (AvgIpc) is 3.28. The van der Waals surface area contributed by atoms with Crippen LogP contribution in [0.3, 0.4) is 0 Å². The SMILES string of the molecule is O=C(COC(=O)c1cccc(OCc2ccc(F)cc2)c1)Nc1ccc(N2CCCC2=O)cc1. The molecule has 0 spiro atoms. The van der Waals surface area contributed by atoms with E-state index in [1.807, 2.05) is 0 Å². The zero-order valence-electron chi connectivity index (χ0n) is 18.3. The summed E-state index contributed by atoms with van der Waals surface area (Å²) in [7, 11) is 0. The maximum atomic E-state index is 13.0. The molecule has 3 aromatic rings. The number of hydrogen-bond donors (Lipinski definition) is 1. The Balaban J connectivity index is 1.26. The second-order valence-corrected chi connectivity index (χ2v) is 7.76. The Kier molecular flexibility index (Phi) is 7.17. The van der Waals surface area contributed by atoms with E-state index in [0.717, 1.165) is 17.7 Å². The first-order valence-electron chi connectivity index (χ1n) is 10.8. The van der Waals surface area contributed by atoms with Gasteiger partial charge in [-0.1, -0.05) is 18.2 Å². The normalized spacial score (nSPS) is 13.0. The molecule has 2 amide bonds. The van der Waals surface area contributed by atoms with E-state index in [0.29, 0.717) is 24.4 Å². The quantitative estimate of drug-likeness (QED) is 0.504. The average molecular weight is 462 g/mol. The van der Waals surface area contributed by atoms with Crippen molar-refractivity contribution in [3.05, 3.63) is 89.7 Å². The first-order valence-corrected chi connectivity index (χ1v) is 10.8. The van der Waals surface area contributed by atoms with Gasteiger partial charge in [0.2, 0.25) is 5.91 Å². The molecule has 3 aromatic carbocycles. The Hall–Kier alpha value is -4.20. The van der Waals surface area contributed by atoms with Crippen LogP contribution in [0.4, 0.5) is 15.8 Å². The second-order valence-electron chi connectivity index (χ2n) is 7.76. The zero-order valence-corrected chi connectivity index (χ0v) is 18.3. The summed E-state index contributed by atoms with van der Waals surface area (Å²) in [6.45, 7) is 0.455. The van der Waals surface area contributed by atoms with Gasteiger partial charge in [0, 0.05) is 24.3 Å². The van der Waals surface area contributed by atoms with Gasteiger partial charge < -0.3 is 19.7 Å². The van der Waals surface area contributed by atoms with E-state index in [1.54, 1.807) is 59.5 Å². The van der Waals surface area contributed by atoms with Crippen LogP contribution in [-0.4, -0.2) is 30.9 Å². The van der Waals surface area contributed by atoms with E-state index in [-0.39, 0.29) is 23.9 Å². The number of nitrogens with zero attached hydrogens (tertiary/aromatic N) is 1. The van der Waals surface area contributed by atoms with Gasteiger partial charge in [-0.05, 0) is 66.6 Å². The monoisotopic (exact) mass is 462 g/mol. The van der Waals surface area contributed by atoms with E-state index >= 15 is 0 Å². The molecule has 0 saturated carbocycles. The number of halogens is 1. The lowest BCUT2D eigenvalue weighted by atomic mass is 10.2. The molecule has 7 nitrogen and oxygen atoms in total. The number of anilines is 2. The fraction of sp³-hybridized carbons (Fsp3) is 0.192. The lowest BCUT2D eigenvalue weighted by Gasteiger charge is -2.16. The Morgan fingerprint density at radius 3 is 2.47 bits per heavy atom. The molecule has 1 aliphatic rings. The third-order valence-corrected chi connectivity index (χ3v) is 5.26. The first kappa shape index (κ1) is 23.0. The number of carbonyl (C=O) groups excluding carboxylic acids is 3. The van der Waals surface area contributed by atoms with Gasteiger partial charge in [0.1, 0.15) is 18.2 Å². The minimum Gasteiger partial charge on any atom is -0.489 e. The van der Waals surface area contributed by atoms with Crippen LogP contribution in [0.2, 0.25) is 0 Å². The van der Waals surface area contributed by atoms with Crippen molar-refractivity contribution in [2.75, 3.05) is 23.4 Å². The lowest BCUT2D eigenvalue weighted by molar-refractivity contribution is -0.119. The summed E-state index contributed by atoms with van der Waals surface area (Å²) in [6, 6.07) is 19.3. The van der Waals surface area contributed by atoms with E-state index in [9.17, 15) is 18.8 Å². The molecule has 1 aliphatic heterocycles. The van der Waals surface area contributed by atoms with Crippen LogP contribution in [0, 0.1) is 5.82 Å². The van der Waals surface area contributed by atoms with Crippen LogP contribution < -0.4 is 15.0 Å². The smallest absolute Gasteiger partial charge is 0.338 e. The Morgan fingerprint density at radius 2 is 1.76 bits per heavy atom. The van der Waals surface area contributed by atoms with Crippen LogP contribution >= 0.6 is 0 Å². The maximum Gasteiger partial charge on any atom is 0.338 e. The molecule has 34 heavy (non-hydrogen) atoms. The summed E-state index contributed by atoms with van der Waals surface area (Å²) < 4.78 is 23.8. The molecular weight excluding hydrogens is 439 g/mol. The van der Waals surface area contributed by atoms with Crippen molar-refractivity contribution >= 4 is 29.2 Å². The molecule has 0 bridgehead atoms. The molecular formula is C26H23FN2O5. The Labute approximate surface area is 196 Å². The van der Waals surface area contributed by atoms with E-state index in [1.165, 1.54) is 18.2 Å². The van der Waals surface area contributed by atoms with Gasteiger partial charge in [-0.2, -0.15) is 0 Å². The summed E-state index contributed by atoms with van der Waals surface area (Å²) in [5, 5.41) is 2.66. The highest BCUT2D eigenvalue weighted by Gasteiger charge is 2.21. The highest BCUT2D eigenvalue weighted by molar-refractivity contribution is 5.97. The van der Waals surface area contributed by atoms with E-state index in [2.05, 4.69) is 5.32 Å². The molecule has 1 N–H and O–H groups in total. The largest absolute Gasteiger partial charge is 0.489 e. The maximum absolute atomic E-state index is 13.0. The van der Waals surface area contributed by atoms with Crippen molar-refractivity contribution in [2.24, 2.45) is 0 Å². The van der Waals surface area contributed by atoms with Gasteiger partial charge >= 0.3 is 5.97 Å². The number of hydrogen-bond acceptors (Lipinski definition) is 5. The third kappa shape index (κ3) is 5.98. The molecule has 0 aliphatic carbocycles. The molecule has 174 valence electrons. The second kappa shape index (κ2) is 10.6. The summed E-state index contributed by atoms with van der Waals surface area (Å²) in [4.78, 5) is 38.1. The predicted molar refractivity (Wildman–Crippen MR) is 124 cm³/mol. The number of rotatable bonds is 8. The van der Waals surface area contributed by atoms with Gasteiger partial charge in [-0.25, -0.2) is 9.18 Å². The molecule has 1 saturated heterocycles. The fourth-order valence-corrected chi connectivity index (χ4v) is 3.52. The summed E-state index contributed by atoms with van der Waals surface area (Å²) in [5.41, 5.74) is 2.34. The zero-order chi connectivity index (χ0) is 23.9. The fourth-order valence-electron chi connectivity index (χ4n) is 3.52. The number of nitrogens with one attached hydrogen (secondary N) is 1. The molecule has 1 fully saturated rings. The highest BCUT2D eigenvalue weighted by atomic mass is 19.1. The van der Waals surface area contributed by atoms with Crippen LogP contribution in [-0.2, 0) is 20.9 Å². The van der Waals surface area contributed by atoms with Crippen LogP contribution in [0.1, 0.15) is 28.8 Å². The van der Waals surface area contributed by atoms with Gasteiger partial charge in [-0.3, -0.25) is 9.59 Å². The molecule has 0 atom stereocenters. The van der Waals surface area contributed by atoms with Crippen molar-refractivity contribution in [1.82, 2.24) is 0 Å². The van der Waals surface area contributed by atoms with Crippen LogP contribution in [0.15, 0.2) is 72.8 Å².